The fraction of sp³-hybridized carbons (Fsp3) is 0.261. The summed E-state index contributed by atoms with van der Waals surface area (Å²) in [6.45, 7) is 3.77. The average Bonchev–Trinajstić information content (AvgIpc) is 3.15. The van der Waals surface area contributed by atoms with Gasteiger partial charge in [-0.05, 0) is 37.1 Å². The van der Waals surface area contributed by atoms with Gasteiger partial charge >= 0.3 is 10.2 Å². The van der Waals surface area contributed by atoms with Crippen LogP contribution in [0.15, 0.2) is 59.5 Å². The molecule has 0 aliphatic carbocycles. The molecule has 2 aromatic heterocycles. The SMILES string of the molecule is COc1nc(C)nc2c1c(COCc1ccccc1)nn2C(C)c1ccc(S(F)(F)(F)(F)F)cc1. The van der Waals surface area contributed by atoms with E-state index in [0.29, 0.717) is 46.9 Å². The lowest BCUT2D eigenvalue weighted by atomic mass is 10.1. The van der Waals surface area contributed by atoms with Crippen molar-refractivity contribution in [1.29, 1.82) is 0 Å². The Hall–Kier alpha value is -3.25. The number of aryl methyl sites for hydroxylation is 1. The third kappa shape index (κ3) is 5.38. The first-order chi connectivity index (χ1) is 16.3. The first-order valence-electron chi connectivity index (χ1n) is 10.5. The van der Waals surface area contributed by atoms with Crippen LogP contribution in [0.1, 0.15) is 35.6 Å². The van der Waals surface area contributed by atoms with Crippen molar-refractivity contribution in [3.63, 3.8) is 0 Å². The smallest absolute Gasteiger partial charge is 0.310 e. The molecular formula is C23H23F5N4O2S. The molecule has 12 heteroatoms. The highest BCUT2D eigenvalue weighted by Gasteiger charge is 2.65. The molecule has 1 unspecified atom stereocenters. The molecular weight excluding hydrogens is 491 g/mol. The number of hydrogen-bond acceptors (Lipinski definition) is 5. The number of halogens is 5. The molecule has 2 heterocycles. The third-order valence-electron chi connectivity index (χ3n) is 5.42. The second-order valence-electron chi connectivity index (χ2n) is 8.06. The molecule has 6 nitrogen and oxygen atoms in total. The molecule has 4 aromatic rings. The van der Waals surface area contributed by atoms with Crippen molar-refractivity contribution >= 4 is 21.3 Å². The molecule has 188 valence electrons. The molecule has 0 N–H and O–H groups in total. The van der Waals surface area contributed by atoms with E-state index < -0.39 is 21.2 Å². The predicted molar refractivity (Wildman–Crippen MR) is 123 cm³/mol. The highest BCUT2D eigenvalue weighted by atomic mass is 32.5. The van der Waals surface area contributed by atoms with Gasteiger partial charge < -0.3 is 9.47 Å². The molecule has 0 saturated carbocycles. The molecule has 0 aliphatic rings. The summed E-state index contributed by atoms with van der Waals surface area (Å²) >= 11 is 0. The van der Waals surface area contributed by atoms with Crippen molar-refractivity contribution in [2.75, 3.05) is 7.11 Å². The number of ether oxygens (including phenoxy) is 2. The molecule has 2 aromatic carbocycles. The zero-order valence-electron chi connectivity index (χ0n) is 19.1. The Morgan fingerprint density at radius 3 is 2.17 bits per heavy atom. The second-order valence-corrected chi connectivity index (χ2v) is 10.5. The summed E-state index contributed by atoms with van der Waals surface area (Å²) in [5, 5.41) is 5.09. The third-order valence-corrected chi connectivity index (χ3v) is 6.58. The summed E-state index contributed by atoms with van der Waals surface area (Å²) in [6, 6.07) is 11.7. The van der Waals surface area contributed by atoms with E-state index in [-0.39, 0.29) is 12.5 Å². The van der Waals surface area contributed by atoms with Crippen LogP contribution in [0.25, 0.3) is 11.0 Å². The van der Waals surface area contributed by atoms with Crippen LogP contribution in [0.5, 0.6) is 5.88 Å². The summed E-state index contributed by atoms with van der Waals surface area (Å²) in [5.41, 5.74) is 2.17. The Kier molecular flexibility index (Phi) is 5.80. The van der Waals surface area contributed by atoms with Crippen molar-refractivity contribution < 1.29 is 28.9 Å². The highest BCUT2D eigenvalue weighted by Crippen LogP contribution is 3.02. The van der Waals surface area contributed by atoms with Crippen LogP contribution in [-0.4, -0.2) is 26.9 Å². The molecule has 0 saturated heterocycles. The van der Waals surface area contributed by atoms with E-state index in [4.69, 9.17) is 9.47 Å². The van der Waals surface area contributed by atoms with Gasteiger partial charge in [0.1, 0.15) is 21.8 Å². The summed E-state index contributed by atoms with van der Waals surface area (Å²) in [4.78, 5) is 6.81. The number of methoxy groups -OCH3 is 1. The maximum atomic E-state index is 13.1. The Labute approximate surface area is 198 Å². The highest BCUT2D eigenvalue weighted by molar-refractivity contribution is 8.45. The minimum absolute atomic E-state index is 0.0943. The Bertz CT molecular complexity index is 1360. The van der Waals surface area contributed by atoms with Crippen LogP contribution in [0.2, 0.25) is 0 Å². The van der Waals surface area contributed by atoms with Gasteiger partial charge in [0, 0.05) is 0 Å². The number of fused-ring (bicyclic) bond motifs is 1. The van der Waals surface area contributed by atoms with Crippen LogP contribution >= 0.6 is 10.2 Å². The average molecular weight is 515 g/mol. The van der Waals surface area contributed by atoms with Gasteiger partial charge in [-0.1, -0.05) is 61.9 Å². The zero-order chi connectivity index (χ0) is 25.5. The quantitative estimate of drug-likeness (QED) is 0.234. The summed E-state index contributed by atoms with van der Waals surface area (Å²) in [6.07, 6.45) is 0. The molecule has 0 spiro atoms. The van der Waals surface area contributed by atoms with E-state index in [0.717, 1.165) is 17.7 Å². The first-order valence-corrected chi connectivity index (χ1v) is 12.5. The monoisotopic (exact) mass is 514 g/mol. The summed E-state index contributed by atoms with van der Waals surface area (Å²) in [5.74, 6) is 0.677. The summed E-state index contributed by atoms with van der Waals surface area (Å²) < 4.78 is 78.4. The molecule has 0 aliphatic heterocycles. The Morgan fingerprint density at radius 1 is 0.914 bits per heavy atom. The van der Waals surface area contributed by atoms with Crippen LogP contribution in [0, 0.1) is 6.92 Å². The van der Waals surface area contributed by atoms with Crippen molar-refractivity contribution in [3.8, 4) is 5.88 Å². The normalized spacial score (nSPS) is 15.0. The number of benzene rings is 2. The van der Waals surface area contributed by atoms with E-state index in [1.807, 2.05) is 30.3 Å². The van der Waals surface area contributed by atoms with Gasteiger partial charge in [0.05, 0.1) is 26.4 Å². The largest absolute Gasteiger partial charge is 0.480 e. The number of rotatable bonds is 8. The van der Waals surface area contributed by atoms with Crippen molar-refractivity contribution in [2.24, 2.45) is 0 Å². The van der Waals surface area contributed by atoms with Gasteiger partial charge in [-0.2, -0.15) is 10.1 Å². The fourth-order valence-corrected chi connectivity index (χ4v) is 4.33. The van der Waals surface area contributed by atoms with Gasteiger partial charge in [-0.25, -0.2) is 9.67 Å². The minimum atomic E-state index is -9.76. The number of nitrogens with zero attached hydrogens (tertiary/aromatic N) is 4. The molecule has 0 fully saturated rings. The van der Waals surface area contributed by atoms with Crippen LogP contribution in [0.3, 0.4) is 0 Å². The fourth-order valence-electron chi connectivity index (χ4n) is 3.68. The molecule has 0 amide bonds. The Balaban J connectivity index is 1.71. The lowest BCUT2D eigenvalue weighted by molar-refractivity contribution is 0.105. The second kappa shape index (κ2) is 8.16. The lowest BCUT2D eigenvalue weighted by Gasteiger charge is -2.40. The van der Waals surface area contributed by atoms with Crippen molar-refractivity contribution in [2.45, 2.75) is 38.0 Å². The van der Waals surface area contributed by atoms with Gasteiger partial charge in [0.25, 0.3) is 0 Å². The van der Waals surface area contributed by atoms with Gasteiger partial charge in [0.15, 0.2) is 5.65 Å². The van der Waals surface area contributed by atoms with Crippen LogP contribution in [-0.2, 0) is 18.0 Å². The maximum absolute atomic E-state index is 13.1. The summed E-state index contributed by atoms with van der Waals surface area (Å²) in [7, 11) is -8.31. The van der Waals surface area contributed by atoms with Gasteiger partial charge in [-0.15, -0.1) is 0 Å². The first kappa shape index (κ1) is 24.9. The predicted octanol–water partition coefficient (Wildman–Crippen LogP) is 7.13. The van der Waals surface area contributed by atoms with E-state index >= 15 is 0 Å². The van der Waals surface area contributed by atoms with Crippen LogP contribution < -0.4 is 4.74 Å². The zero-order valence-corrected chi connectivity index (χ0v) is 19.9. The van der Waals surface area contributed by atoms with E-state index in [1.54, 1.807) is 13.8 Å². The molecule has 4 rings (SSSR count). The van der Waals surface area contributed by atoms with E-state index in [9.17, 15) is 19.4 Å². The Morgan fingerprint density at radius 2 is 1.57 bits per heavy atom. The van der Waals surface area contributed by atoms with Crippen molar-refractivity contribution in [3.05, 3.63) is 77.2 Å². The number of aromatic nitrogens is 4. The minimum Gasteiger partial charge on any atom is -0.480 e. The van der Waals surface area contributed by atoms with E-state index in [2.05, 4.69) is 15.1 Å². The molecule has 35 heavy (non-hydrogen) atoms. The number of hydrogen-bond donors (Lipinski definition) is 0. The molecule has 0 radical (unpaired) electrons. The molecule has 0 bridgehead atoms. The maximum Gasteiger partial charge on any atom is 0.310 e. The van der Waals surface area contributed by atoms with Gasteiger partial charge in [0.2, 0.25) is 5.88 Å². The lowest BCUT2D eigenvalue weighted by Crippen LogP contribution is -2.11. The molecule has 1 atom stereocenters. The van der Waals surface area contributed by atoms with E-state index in [1.165, 1.54) is 11.8 Å². The van der Waals surface area contributed by atoms with Crippen LogP contribution in [0.4, 0.5) is 19.4 Å². The van der Waals surface area contributed by atoms with Crippen molar-refractivity contribution in [1.82, 2.24) is 19.7 Å². The standard InChI is InChI=1S/C23H23F5N4O2S/c1-15(18-9-11-19(12-10-18)35(24,25,26,27)28)32-22-21(23(33-3)30-16(2)29-22)20(31-32)14-34-13-17-7-5-4-6-8-17/h4-12,15H,13-14H2,1-3H3. The topological polar surface area (TPSA) is 62.1 Å². The van der Waals surface area contributed by atoms with Gasteiger partial charge in [-0.3, -0.25) is 0 Å².